The monoisotopic (exact) mass is 255 g/mol. The standard InChI is InChI=1S/C11H21N5O2/c1-11(2,3)10-14-8(4-9(15-10)16-12)13-5-7(18)6-17/h4,7,17-18H,5-6,12H2,1-3H3,(H2,13,14,15,16). The summed E-state index contributed by atoms with van der Waals surface area (Å²) >= 11 is 0. The molecule has 0 aliphatic rings. The summed E-state index contributed by atoms with van der Waals surface area (Å²) in [5.41, 5.74) is 2.27. The molecule has 1 atom stereocenters. The first-order chi connectivity index (χ1) is 8.36. The van der Waals surface area contributed by atoms with E-state index in [1.165, 1.54) is 0 Å². The number of nitrogens with one attached hydrogen (secondary N) is 2. The Morgan fingerprint density at radius 2 is 1.94 bits per heavy atom. The number of hydrogen-bond acceptors (Lipinski definition) is 7. The number of nitrogens with two attached hydrogens (primary N) is 1. The second kappa shape index (κ2) is 5.94. The van der Waals surface area contributed by atoms with Crippen molar-refractivity contribution >= 4 is 11.6 Å². The van der Waals surface area contributed by atoms with E-state index in [1.54, 1.807) is 6.07 Å². The van der Waals surface area contributed by atoms with Gasteiger partial charge in [-0.3, -0.25) is 0 Å². The quantitative estimate of drug-likeness (QED) is 0.366. The van der Waals surface area contributed by atoms with E-state index in [4.69, 9.17) is 10.9 Å². The number of anilines is 2. The molecular weight excluding hydrogens is 234 g/mol. The fourth-order valence-corrected chi connectivity index (χ4v) is 1.23. The van der Waals surface area contributed by atoms with Gasteiger partial charge in [-0.1, -0.05) is 20.8 Å². The van der Waals surface area contributed by atoms with Gasteiger partial charge in [0.05, 0.1) is 12.7 Å². The highest BCUT2D eigenvalue weighted by Gasteiger charge is 2.19. The number of aliphatic hydroxyl groups is 2. The maximum absolute atomic E-state index is 9.28. The lowest BCUT2D eigenvalue weighted by atomic mass is 9.96. The molecule has 1 aromatic rings. The van der Waals surface area contributed by atoms with Crippen LogP contribution in [0.4, 0.5) is 11.6 Å². The van der Waals surface area contributed by atoms with Crippen LogP contribution >= 0.6 is 0 Å². The lowest BCUT2D eigenvalue weighted by Gasteiger charge is -2.19. The molecule has 6 N–H and O–H groups in total. The van der Waals surface area contributed by atoms with E-state index in [9.17, 15) is 5.11 Å². The van der Waals surface area contributed by atoms with Gasteiger partial charge in [-0.25, -0.2) is 15.8 Å². The topological polar surface area (TPSA) is 116 Å². The molecule has 1 heterocycles. The van der Waals surface area contributed by atoms with Gasteiger partial charge in [-0.15, -0.1) is 0 Å². The average Bonchev–Trinajstić information content (AvgIpc) is 2.34. The van der Waals surface area contributed by atoms with Gasteiger partial charge >= 0.3 is 0 Å². The van der Waals surface area contributed by atoms with Crippen molar-refractivity contribution in [1.82, 2.24) is 9.97 Å². The zero-order chi connectivity index (χ0) is 13.8. The summed E-state index contributed by atoms with van der Waals surface area (Å²) in [6, 6.07) is 1.64. The number of rotatable bonds is 5. The molecule has 0 radical (unpaired) electrons. The minimum atomic E-state index is -0.827. The van der Waals surface area contributed by atoms with Crippen LogP contribution in [0.3, 0.4) is 0 Å². The average molecular weight is 255 g/mol. The Morgan fingerprint density at radius 1 is 1.33 bits per heavy atom. The van der Waals surface area contributed by atoms with E-state index >= 15 is 0 Å². The Labute approximate surface area is 106 Å². The van der Waals surface area contributed by atoms with E-state index in [-0.39, 0.29) is 18.6 Å². The van der Waals surface area contributed by atoms with Gasteiger partial charge in [0.1, 0.15) is 17.5 Å². The Balaban J connectivity index is 2.91. The fraction of sp³-hybridized carbons (Fsp3) is 0.636. The van der Waals surface area contributed by atoms with E-state index in [1.807, 2.05) is 20.8 Å². The predicted octanol–water partition coefficient (Wildman–Crippen LogP) is -0.175. The smallest absolute Gasteiger partial charge is 0.145 e. The number of nitrogens with zero attached hydrogens (tertiary/aromatic N) is 2. The Bertz CT molecular complexity index is 392. The van der Waals surface area contributed by atoms with Gasteiger partial charge in [0, 0.05) is 18.0 Å². The summed E-state index contributed by atoms with van der Waals surface area (Å²) in [4.78, 5) is 8.62. The van der Waals surface area contributed by atoms with E-state index in [2.05, 4.69) is 20.7 Å². The SMILES string of the molecule is CC(C)(C)c1nc(NN)cc(NCC(O)CO)n1. The van der Waals surface area contributed by atoms with Crippen molar-refractivity contribution < 1.29 is 10.2 Å². The second-order valence-electron chi connectivity index (χ2n) is 5.07. The fourth-order valence-electron chi connectivity index (χ4n) is 1.23. The van der Waals surface area contributed by atoms with Crippen LogP contribution in [-0.4, -0.2) is 39.4 Å². The molecule has 102 valence electrons. The van der Waals surface area contributed by atoms with Crippen LogP contribution < -0.4 is 16.6 Å². The molecule has 0 spiro atoms. The lowest BCUT2D eigenvalue weighted by molar-refractivity contribution is 0.105. The van der Waals surface area contributed by atoms with Crippen molar-refractivity contribution in [3.63, 3.8) is 0 Å². The predicted molar refractivity (Wildman–Crippen MR) is 70.1 cm³/mol. The van der Waals surface area contributed by atoms with Crippen molar-refractivity contribution in [1.29, 1.82) is 0 Å². The van der Waals surface area contributed by atoms with E-state index < -0.39 is 6.10 Å². The van der Waals surface area contributed by atoms with Gasteiger partial charge in [0.15, 0.2) is 0 Å². The van der Waals surface area contributed by atoms with E-state index in [0.717, 1.165) is 0 Å². The van der Waals surface area contributed by atoms with Crippen LogP contribution in [0.1, 0.15) is 26.6 Å². The highest BCUT2D eigenvalue weighted by molar-refractivity contribution is 5.47. The Hall–Kier alpha value is -1.44. The van der Waals surface area contributed by atoms with Crippen molar-refractivity contribution in [2.24, 2.45) is 5.84 Å². The van der Waals surface area contributed by atoms with Gasteiger partial charge in [0.2, 0.25) is 0 Å². The maximum Gasteiger partial charge on any atom is 0.145 e. The third-order valence-corrected chi connectivity index (χ3v) is 2.27. The number of aliphatic hydroxyl groups excluding tert-OH is 2. The van der Waals surface area contributed by atoms with Gasteiger partial charge in [-0.05, 0) is 0 Å². The molecule has 1 aromatic heterocycles. The highest BCUT2D eigenvalue weighted by Crippen LogP contribution is 2.21. The number of aromatic nitrogens is 2. The van der Waals surface area contributed by atoms with Crippen molar-refractivity contribution in [3.8, 4) is 0 Å². The van der Waals surface area contributed by atoms with E-state index in [0.29, 0.717) is 17.5 Å². The van der Waals surface area contributed by atoms with Gasteiger partial charge in [0.25, 0.3) is 0 Å². The summed E-state index contributed by atoms with van der Waals surface area (Å²) < 4.78 is 0. The normalized spacial score (nSPS) is 13.2. The zero-order valence-corrected chi connectivity index (χ0v) is 10.9. The summed E-state index contributed by atoms with van der Waals surface area (Å²) in [7, 11) is 0. The first kappa shape index (κ1) is 14.6. The Kier molecular flexibility index (Phi) is 4.83. The third kappa shape index (κ3) is 4.10. The summed E-state index contributed by atoms with van der Waals surface area (Å²) in [6.45, 7) is 5.90. The summed E-state index contributed by atoms with van der Waals surface area (Å²) in [5, 5.41) is 20.9. The molecular formula is C11H21N5O2. The van der Waals surface area contributed by atoms with Crippen molar-refractivity contribution in [3.05, 3.63) is 11.9 Å². The molecule has 1 rings (SSSR count). The van der Waals surface area contributed by atoms with Gasteiger partial charge in [-0.2, -0.15) is 0 Å². The molecule has 18 heavy (non-hydrogen) atoms. The maximum atomic E-state index is 9.28. The molecule has 0 fully saturated rings. The molecule has 7 heteroatoms. The molecule has 0 aliphatic carbocycles. The van der Waals surface area contributed by atoms with Gasteiger partial charge < -0.3 is 21.0 Å². The number of nitrogen functional groups attached to an aromatic ring is 1. The lowest BCUT2D eigenvalue weighted by Crippen LogP contribution is -2.25. The van der Waals surface area contributed by atoms with Crippen LogP contribution in [0, 0.1) is 0 Å². The van der Waals surface area contributed by atoms with Crippen LogP contribution in [0.5, 0.6) is 0 Å². The first-order valence-electron chi connectivity index (χ1n) is 5.75. The molecule has 0 aromatic carbocycles. The minimum absolute atomic E-state index is 0.209. The van der Waals surface area contributed by atoms with Crippen molar-refractivity contribution in [2.45, 2.75) is 32.3 Å². The van der Waals surface area contributed by atoms with Crippen LogP contribution in [0.15, 0.2) is 6.07 Å². The minimum Gasteiger partial charge on any atom is -0.394 e. The zero-order valence-electron chi connectivity index (χ0n) is 10.9. The van der Waals surface area contributed by atoms with Crippen LogP contribution in [0.25, 0.3) is 0 Å². The molecule has 0 amide bonds. The van der Waals surface area contributed by atoms with Crippen molar-refractivity contribution in [2.75, 3.05) is 23.9 Å². The Morgan fingerprint density at radius 3 is 2.44 bits per heavy atom. The van der Waals surface area contributed by atoms with Crippen LogP contribution in [0.2, 0.25) is 0 Å². The molecule has 7 nitrogen and oxygen atoms in total. The first-order valence-corrected chi connectivity index (χ1v) is 5.75. The molecule has 0 aliphatic heterocycles. The third-order valence-electron chi connectivity index (χ3n) is 2.27. The molecule has 0 saturated carbocycles. The summed E-state index contributed by atoms with van der Waals surface area (Å²) in [5.74, 6) is 7.04. The molecule has 1 unspecified atom stereocenters. The molecule has 0 bridgehead atoms. The van der Waals surface area contributed by atoms with Crippen LogP contribution in [-0.2, 0) is 5.41 Å². The molecule has 0 saturated heterocycles. The second-order valence-corrected chi connectivity index (χ2v) is 5.07. The summed E-state index contributed by atoms with van der Waals surface area (Å²) in [6.07, 6.45) is -0.827. The number of hydrogen-bond donors (Lipinski definition) is 5. The highest BCUT2D eigenvalue weighted by atomic mass is 16.3. The largest absolute Gasteiger partial charge is 0.394 e. The number of hydrazine groups is 1.